The Morgan fingerprint density at radius 1 is 1.15 bits per heavy atom. The zero-order chi connectivity index (χ0) is 23.8. The van der Waals surface area contributed by atoms with Crippen molar-refractivity contribution in [1.82, 2.24) is 9.88 Å². The van der Waals surface area contributed by atoms with E-state index in [4.69, 9.17) is 4.74 Å². The number of pyridine rings is 1. The molecule has 0 saturated carbocycles. The van der Waals surface area contributed by atoms with Crippen LogP contribution < -0.4 is 0 Å². The number of aliphatic hydroxyl groups excluding tert-OH is 1. The summed E-state index contributed by atoms with van der Waals surface area (Å²) in [6.45, 7) is 0.237. The van der Waals surface area contributed by atoms with E-state index in [-0.39, 0.29) is 36.2 Å². The number of hydrogen-bond donors (Lipinski definition) is 2. The van der Waals surface area contributed by atoms with E-state index in [1.165, 1.54) is 11.9 Å². The normalized spacial score (nSPS) is 26.8. The molecule has 3 heterocycles. The summed E-state index contributed by atoms with van der Waals surface area (Å²) in [5.41, 5.74) is 4.30. The van der Waals surface area contributed by atoms with Crippen molar-refractivity contribution in [3.8, 4) is 5.75 Å². The van der Waals surface area contributed by atoms with E-state index in [0.717, 1.165) is 22.4 Å². The third-order valence-electron chi connectivity index (χ3n) is 7.36. The zero-order valence-electron chi connectivity index (χ0n) is 19.1. The summed E-state index contributed by atoms with van der Waals surface area (Å²) in [7, 11) is 1.54. The first-order valence-electron chi connectivity index (χ1n) is 11.6. The molecule has 0 radical (unpaired) electrons. The van der Waals surface area contributed by atoms with Gasteiger partial charge < -0.3 is 14.9 Å². The Balaban J connectivity index is 1.42. The van der Waals surface area contributed by atoms with E-state index in [1.807, 2.05) is 36.4 Å². The maximum absolute atomic E-state index is 12.8. The fourth-order valence-electron chi connectivity index (χ4n) is 5.69. The van der Waals surface area contributed by atoms with Crippen molar-refractivity contribution >= 4 is 23.5 Å². The molecule has 0 unspecified atom stereocenters. The number of aromatic nitrogens is 1. The Hall–Kier alpha value is -3.29. The fraction of sp³-hybridized carbons (Fsp3) is 0.370. The number of hydrogen-bond acceptors (Lipinski definition) is 6. The highest BCUT2D eigenvalue weighted by Gasteiger charge is 2.55. The lowest BCUT2D eigenvalue weighted by Crippen LogP contribution is -2.34. The van der Waals surface area contributed by atoms with Crippen molar-refractivity contribution < 1.29 is 24.5 Å². The molecule has 2 aromatic rings. The number of carbonyl (C=O) groups excluding carboxylic acids is 2. The molecule has 2 fully saturated rings. The Morgan fingerprint density at radius 3 is 2.68 bits per heavy atom. The zero-order valence-corrected chi connectivity index (χ0v) is 19.1. The van der Waals surface area contributed by atoms with Gasteiger partial charge in [0.2, 0.25) is 11.8 Å². The van der Waals surface area contributed by atoms with Crippen LogP contribution in [0.15, 0.2) is 59.8 Å². The van der Waals surface area contributed by atoms with E-state index in [9.17, 15) is 19.8 Å². The average Bonchev–Trinajstić information content (AvgIpc) is 3.38. The second-order valence-corrected chi connectivity index (χ2v) is 9.20. The lowest BCUT2D eigenvalue weighted by atomic mass is 9.69. The van der Waals surface area contributed by atoms with E-state index in [0.29, 0.717) is 31.4 Å². The Bertz CT molecular complexity index is 1170. The van der Waals surface area contributed by atoms with Gasteiger partial charge in [0.05, 0.1) is 36.8 Å². The summed E-state index contributed by atoms with van der Waals surface area (Å²) in [6.07, 6.45) is 5.12. The number of imide groups is 1. The summed E-state index contributed by atoms with van der Waals surface area (Å²) < 4.78 is 6.17. The highest BCUT2D eigenvalue weighted by atomic mass is 16.5. The monoisotopic (exact) mass is 460 g/mol. The van der Waals surface area contributed by atoms with Crippen LogP contribution in [0.3, 0.4) is 0 Å². The number of phenolic OH excluding ortho intramolecular Hbond substituents is 1. The summed E-state index contributed by atoms with van der Waals surface area (Å²) in [6, 6.07) is 12.9. The summed E-state index contributed by atoms with van der Waals surface area (Å²) in [4.78, 5) is 31.1. The Morgan fingerprint density at radius 2 is 1.94 bits per heavy atom. The SMILES string of the molecule is CN1C(=O)[C@@H]2[C@@H](CC(CO)=C3[C@@H](CC/C(=C/c4ccccc4O)c4ccccn4)OC[C@@H]32)C1=O. The average molecular weight is 461 g/mol. The predicted molar refractivity (Wildman–Crippen MR) is 126 cm³/mol. The highest BCUT2D eigenvalue weighted by molar-refractivity contribution is 6.05. The molecule has 7 heteroatoms. The van der Waals surface area contributed by atoms with Crippen LogP contribution in [-0.4, -0.2) is 58.3 Å². The topological polar surface area (TPSA) is 100.0 Å². The molecule has 2 saturated heterocycles. The molecule has 5 rings (SSSR count). The van der Waals surface area contributed by atoms with Crippen LogP contribution in [0.1, 0.15) is 30.5 Å². The third-order valence-corrected chi connectivity index (χ3v) is 7.36. The third kappa shape index (κ3) is 3.85. The first-order valence-corrected chi connectivity index (χ1v) is 11.6. The molecule has 34 heavy (non-hydrogen) atoms. The molecule has 4 atom stereocenters. The number of likely N-dealkylation sites (tertiary alicyclic amines) is 1. The van der Waals surface area contributed by atoms with Gasteiger partial charge in [0, 0.05) is 24.7 Å². The molecule has 176 valence electrons. The number of carbonyl (C=O) groups is 2. The highest BCUT2D eigenvalue weighted by Crippen LogP contribution is 2.49. The van der Waals surface area contributed by atoms with Gasteiger partial charge in [0.1, 0.15) is 5.75 Å². The smallest absolute Gasteiger partial charge is 0.233 e. The lowest BCUT2D eigenvalue weighted by Gasteiger charge is -2.31. The number of fused-ring (bicyclic) bond motifs is 3. The number of aromatic hydroxyl groups is 1. The number of para-hydroxylation sites is 1. The van der Waals surface area contributed by atoms with Gasteiger partial charge in [0.25, 0.3) is 0 Å². The molecule has 0 bridgehead atoms. The summed E-state index contributed by atoms with van der Waals surface area (Å²) in [5.74, 6) is -1.09. The largest absolute Gasteiger partial charge is 0.507 e. The van der Waals surface area contributed by atoms with Gasteiger partial charge >= 0.3 is 0 Å². The van der Waals surface area contributed by atoms with E-state index < -0.39 is 11.8 Å². The van der Waals surface area contributed by atoms with Gasteiger partial charge in [-0.2, -0.15) is 0 Å². The molecular weight excluding hydrogens is 432 g/mol. The van der Waals surface area contributed by atoms with Crippen molar-refractivity contribution in [3.63, 3.8) is 0 Å². The first kappa shape index (κ1) is 22.5. The summed E-state index contributed by atoms with van der Waals surface area (Å²) in [5, 5.41) is 20.4. The van der Waals surface area contributed by atoms with Crippen molar-refractivity contribution in [2.45, 2.75) is 25.4 Å². The Kier molecular flexibility index (Phi) is 6.06. The molecule has 2 amide bonds. The molecule has 3 aliphatic rings. The minimum Gasteiger partial charge on any atom is -0.507 e. The molecule has 1 aromatic carbocycles. The van der Waals surface area contributed by atoms with E-state index in [2.05, 4.69) is 4.98 Å². The number of allylic oxidation sites excluding steroid dienone is 1. The van der Waals surface area contributed by atoms with Crippen LogP contribution >= 0.6 is 0 Å². The van der Waals surface area contributed by atoms with Gasteiger partial charge in [-0.1, -0.05) is 24.3 Å². The molecule has 2 aliphatic heterocycles. The predicted octanol–water partition coefficient (Wildman–Crippen LogP) is 3.05. The molecule has 1 aromatic heterocycles. The second-order valence-electron chi connectivity index (χ2n) is 9.20. The van der Waals surface area contributed by atoms with E-state index in [1.54, 1.807) is 18.3 Å². The molecule has 2 N–H and O–H groups in total. The number of phenols is 1. The fourth-order valence-corrected chi connectivity index (χ4v) is 5.69. The van der Waals surface area contributed by atoms with Crippen molar-refractivity contribution in [2.24, 2.45) is 17.8 Å². The quantitative estimate of drug-likeness (QED) is 0.508. The van der Waals surface area contributed by atoms with Crippen LogP contribution in [0, 0.1) is 17.8 Å². The number of amides is 2. The van der Waals surface area contributed by atoms with Gasteiger partial charge in [0.15, 0.2) is 0 Å². The number of aliphatic hydroxyl groups is 1. The first-order chi connectivity index (χ1) is 16.5. The number of benzene rings is 1. The van der Waals surface area contributed by atoms with Crippen LogP contribution in [0.5, 0.6) is 5.75 Å². The minimum absolute atomic E-state index is 0.138. The second kappa shape index (κ2) is 9.16. The standard InChI is InChI=1S/C27H28N2O5/c1-29-26(32)19-13-18(14-30)24-20(25(19)27(29)33)15-34-23(24)10-9-16(21-7-4-5-11-28-21)12-17-6-2-3-8-22(17)31/h2-8,11-12,19-20,23,25,30-31H,9-10,13-15H2,1H3/b16-12-/t19-,20+,23-,25-/m1/s1. The minimum atomic E-state index is -0.403. The van der Waals surface area contributed by atoms with Crippen molar-refractivity contribution in [3.05, 3.63) is 71.1 Å². The van der Waals surface area contributed by atoms with E-state index >= 15 is 0 Å². The Labute approximate surface area is 198 Å². The number of rotatable bonds is 6. The molecule has 1 aliphatic carbocycles. The van der Waals surface area contributed by atoms with Crippen LogP contribution in [-0.2, 0) is 14.3 Å². The van der Waals surface area contributed by atoms with Crippen molar-refractivity contribution in [1.29, 1.82) is 0 Å². The van der Waals surface area contributed by atoms with Gasteiger partial charge in [-0.3, -0.25) is 19.5 Å². The van der Waals surface area contributed by atoms with Gasteiger partial charge in [-0.25, -0.2) is 0 Å². The maximum atomic E-state index is 12.8. The van der Waals surface area contributed by atoms with Crippen molar-refractivity contribution in [2.75, 3.05) is 20.3 Å². The maximum Gasteiger partial charge on any atom is 0.233 e. The number of nitrogens with zero attached hydrogens (tertiary/aromatic N) is 2. The molecular formula is C27H28N2O5. The van der Waals surface area contributed by atoms with Crippen LogP contribution in [0.4, 0.5) is 0 Å². The van der Waals surface area contributed by atoms with Gasteiger partial charge in [-0.15, -0.1) is 0 Å². The number of ether oxygens (including phenoxy) is 1. The molecule has 7 nitrogen and oxygen atoms in total. The van der Waals surface area contributed by atoms with Gasteiger partial charge in [-0.05, 0) is 60.3 Å². The van der Waals surface area contributed by atoms with Crippen LogP contribution in [0.2, 0.25) is 0 Å². The van der Waals surface area contributed by atoms with Crippen LogP contribution in [0.25, 0.3) is 11.6 Å². The molecule has 0 spiro atoms. The summed E-state index contributed by atoms with van der Waals surface area (Å²) >= 11 is 0. The lowest BCUT2D eigenvalue weighted by molar-refractivity contribution is -0.138.